The summed E-state index contributed by atoms with van der Waals surface area (Å²) < 4.78 is 23.8. The Morgan fingerprint density at radius 1 is 1.10 bits per heavy atom. The van der Waals surface area contributed by atoms with Gasteiger partial charge in [0.25, 0.3) is 0 Å². The Morgan fingerprint density at radius 3 is 2.43 bits per heavy atom. The van der Waals surface area contributed by atoms with E-state index in [4.69, 9.17) is 41.3 Å². The molecule has 2 heterocycles. The zero-order valence-electron chi connectivity index (χ0n) is 24.1. The van der Waals surface area contributed by atoms with Crippen LogP contribution in [0.2, 0.25) is 0 Å². The van der Waals surface area contributed by atoms with E-state index in [1.165, 1.54) is 6.92 Å². The summed E-state index contributed by atoms with van der Waals surface area (Å²) in [6.07, 6.45) is -8.97. The van der Waals surface area contributed by atoms with Crippen molar-refractivity contribution in [3.63, 3.8) is 0 Å². The number of aliphatic hydroxyl groups excluding tert-OH is 5. The van der Waals surface area contributed by atoms with Crippen LogP contribution in [0.3, 0.4) is 0 Å². The van der Waals surface area contributed by atoms with Gasteiger partial charge in [-0.1, -0.05) is 0 Å². The lowest BCUT2D eigenvalue weighted by Crippen LogP contribution is -2.69. The number of likely N-dealkylation sites (N-methyl/N-ethyl adjacent to an activating group) is 1. The SMILES string of the molecule is CN[C@@H]1C(O)[C@@H](OC2C(O)C(O[C@H]3O[C@H](CNC[C@H](O)CO)CCC3N)[C@@H](N)C[C@H]2NC(=O)[C@@H](O)CN)OCC1(C)O. The fraction of sp³-hybridized carbons (Fsp3) is 0.960. The minimum atomic E-state index is -1.51. The molecule has 14 atom stereocenters. The number of rotatable bonds is 13. The van der Waals surface area contributed by atoms with Crippen LogP contribution in [0.4, 0.5) is 0 Å². The third-order valence-electron chi connectivity index (χ3n) is 8.06. The molecule has 17 nitrogen and oxygen atoms in total. The topological polar surface area (TPSA) is 290 Å². The molecule has 3 aliphatic rings. The number of carbonyl (C=O) groups is 1. The first-order valence-corrected chi connectivity index (χ1v) is 14.4. The molecule has 0 aromatic heterocycles. The van der Waals surface area contributed by atoms with E-state index in [2.05, 4.69) is 16.0 Å². The monoisotopic (exact) mass is 610 g/mol. The van der Waals surface area contributed by atoms with Crippen molar-refractivity contribution in [2.24, 2.45) is 17.2 Å². The number of nitrogens with one attached hydrogen (secondary N) is 3. The predicted octanol–water partition coefficient (Wildman–Crippen LogP) is -6.52. The van der Waals surface area contributed by atoms with Gasteiger partial charge in [-0.2, -0.15) is 0 Å². The highest BCUT2D eigenvalue weighted by atomic mass is 16.7. The van der Waals surface area contributed by atoms with Gasteiger partial charge in [-0.3, -0.25) is 4.79 Å². The maximum Gasteiger partial charge on any atom is 0.250 e. The first kappa shape index (κ1) is 35.4. The van der Waals surface area contributed by atoms with Crippen molar-refractivity contribution in [1.82, 2.24) is 16.0 Å². The van der Waals surface area contributed by atoms with Crippen LogP contribution in [-0.4, -0.2) is 162 Å². The Kier molecular flexibility index (Phi) is 13.2. The summed E-state index contributed by atoms with van der Waals surface area (Å²) in [5, 5.41) is 70.0. The molecule has 246 valence electrons. The molecular weight excluding hydrogens is 560 g/mol. The van der Waals surface area contributed by atoms with E-state index < -0.39 is 84.9 Å². The van der Waals surface area contributed by atoms with Gasteiger partial charge in [-0.05, 0) is 33.2 Å². The number of ether oxygens (including phenoxy) is 4. The molecule has 1 aliphatic carbocycles. The summed E-state index contributed by atoms with van der Waals surface area (Å²) in [6.45, 7) is 1.12. The van der Waals surface area contributed by atoms with Gasteiger partial charge in [0.15, 0.2) is 12.6 Å². The molecule has 15 N–H and O–H groups in total. The molecule has 6 unspecified atom stereocenters. The second kappa shape index (κ2) is 15.7. The molecule has 42 heavy (non-hydrogen) atoms. The van der Waals surface area contributed by atoms with Crippen LogP contribution >= 0.6 is 0 Å². The summed E-state index contributed by atoms with van der Waals surface area (Å²) in [7, 11) is 1.56. The van der Waals surface area contributed by atoms with Crippen molar-refractivity contribution in [3.05, 3.63) is 0 Å². The lowest BCUT2D eigenvalue weighted by molar-refractivity contribution is -0.307. The molecule has 17 heteroatoms. The Hall–Kier alpha value is -1.13. The first-order chi connectivity index (χ1) is 19.8. The molecule has 2 aliphatic heterocycles. The largest absolute Gasteiger partial charge is 0.394 e. The van der Waals surface area contributed by atoms with Crippen molar-refractivity contribution in [3.8, 4) is 0 Å². The molecule has 1 amide bonds. The van der Waals surface area contributed by atoms with Crippen LogP contribution in [0.25, 0.3) is 0 Å². The number of carbonyl (C=O) groups excluding carboxylic acids is 1. The maximum absolute atomic E-state index is 12.5. The summed E-state index contributed by atoms with van der Waals surface area (Å²) in [5.74, 6) is -0.796. The van der Waals surface area contributed by atoms with Gasteiger partial charge in [0.2, 0.25) is 5.91 Å². The van der Waals surface area contributed by atoms with E-state index in [0.717, 1.165) is 0 Å². The normalized spacial score (nSPS) is 42.6. The molecule has 3 fully saturated rings. The van der Waals surface area contributed by atoms with Crippen LogP contribution in [-0.2, 0) is 23.7 Å². The van der Waals surface area contributed by atoms with Crippen molar-refractivity contribution < 1.29 is 54.4 Å². The fourth-order valence-electron chi connectivity index (χ4n) is 5.63. The molecular formula is C25H50N6O11. The van der Waals surface area contributed by atoms with Gasteiger partial charge in [-0.25, -0.2) is 0 Å². The minimum Gasteiger partial charge on any atom is -0.394 e. The summed E-state index contributed by atoms with van der Waals surface area (Å²) in [6, 6.07) is -3.15. The van der Waals surface area contributed by atoms with Crippen molar-refractivity contribution in [2.45, 2.75) is 111 Å². The Balaban J connectivity index is 1.75. The first-order valence-electron chi connectivity index (χ1n) is 14.4. The quantitative estimate of drug-likeness (QED) is 0.0922. The lowest BCUT2D eigenvalue weighted by atomic mass is 9.83. The highest BCUT2D eigenvalue weighted by Gasteiger charge is 2.52. The third-order valence-corrected chi connectivity index (χ3v) is 8.06. The van der Waals surface area contributed by atoms with Crippen molar-refractivity contribution in [2.75, 3.05) is 39.9 Å². The molecule has 0 aromatic carbocycles. The summed E-state index contributed by atoms with van der Waals surface area (Å²) in [5.41, 5.74) is 16.7. The Labute approximate surface area is 245 Å². The van der Waals surface area contributed by atoms with Crippen LogP contribution in [0.1, 0.15) is 26.2 Å². The van der Waals surface area contributed by atoms with Gasteiger partial charge in [0, 0.05) is 25.7 Å². The van der Waals surface area contributed by atoms with E-state index in [0.29, 0.717) is 19.4 Å². The second-order valence-electron chi connectivity index (χ2n) is 11.6. The van der Waals surface area contributed by atoms with E-state index in [-0.39, 0.29) is 38.8 Å². The summed E-state index contributed by atoms with van der Waals surface area (Å²) in [4.78, 5) is 12.5. The number of hydrogen-bond acceptors (Lipinski definition) is 16. The van der Waals surface area contributed by atoms with Gasteiger partial charge in [0.05, 0.1) is 43.5 Å². The minimum absolute atomic E-state index is 0.0391. The highest BCUT2D eigenvalue weighted by molar-refractivity contribution is 5.81. The third kappa shape index (κ3) is 8.74. The molecule has 3 rings (SSSR count). The molecule has 0 radical (unpaired) electrons. The van der Waals surface area contributed by atoms with E-state index in [1.54, 1.807) is 7.05 Å². The molecule has 0 aromatic rings. The second-order valence-corrected chi connectivity index (χ2v) is 11.6. The Bertz CT molecular complexity index is 847. The zero-order chi connectivity index (χ0) is 31.2. The van der Waals surface area contributed by atoms with Crippen LogP contribution in [0, 0.1) is 0 Å². The fourth-order valence-corrected chi connectivity index (χ4v) is 5.63. The van der Waals surface area contributed by atoms with Crippen LogP contribution in [0.15, 0.2) is 0 Å². The molecule has 0 spiro atoms. The highest BCUT2D eigenvalue weighted by Crippen LogP contribution is 2.32. The lowest BCUT2D eigenvalue weighted by Gasteiger charge is -2.49. The number of aliphatic hydroxyl groups is 6. The summed E-state index contributed by atoms with van der Waals surface area (Å²) >= 11 is 0. The standard InChI is InChI=1S/C25H50N6O11/c1-25(38)10-39-24(18(36)21(25)29-2)42-20-15(31-22(37)16(34)6-26)5-14(28)19(17(20)35)41-23-13(27)4-3-12(40-23)8-30-7-11(33)9-32/h11-21,23-24,29-30,32-36,38H,3-10,26-28H2,1-2H3,(H,31,37)/t11-,12-,13?,14-,15+,16-,17?,18?,19?,20?,21+,23+,24+,25?/m0/s1. The van der Waals surface area contributed by atoms with Crippen molar-refractivity contribution in [1.29, 1.82) is 0 Å². The van der Waals surface area contributed by atoms with E-state index >= 15 is 0 Å². The average molecular weight is 611 g/mol. The van der Waals surface area contributed by atoms with Crippen molar-refractivity contribution >= 4 is 5.91 Å². The van der Waals surface area contributed by atoms with E-state index in [9.17, 15) is 30.3 Å². The van der Waals surface area contributed by atoms with Gasteiger partial charge in [-0.15, -0.1) is 0 Å². The molecule has 1 saturated carbocycles. The van der Waals surface area contributed by atoms with Gasteiger partial charge >= 0.3 is 0 Å². The van der Waals surface area contributed by atoms with Gasteiger partial charge in [0.1, 0.15) is 36.1 Å². The molecule has 0 bridgehead atoms. The van der Waals surface area contributed by atoms with Crippen LogP contribution < -0.4 is 33.2 Å². The number of nitrogens with two attached hydrogens (primary N) is 3. The number of hydrogen-bond donors (Lipinski definition) is 12. The Morgan fingerprint density at radius 2 is 1.79 bits per heavy atom. The van der Waals surface area contributed by atoms with E-state index in [1.807, 2.05) is 0 Å². The van der Waals surface area contributed by atoms with Gasteiger partial charge < -0.3 is 82.7 Å². The van der Waals surface area contributed by atoms with Crippen LogP contribution in [0.5, 0.6) is 0 Å². The predicted molar refractivity (Wildman–Crippen MR) is 146 cm³/mol. The number of amides is 1. The zero-order valence-corrected chi connectivity index (χ0v) is 24.1. The molecule has 2 saturated heterocycles. The maximum atomic E-state index is 12.5. The smallest absolute Gasteiger partial charge is 0.250 e. The average Bonchev–Trinajstić information content (AvgIpc) is 2.94.